The molecule has 0 unspecified atom stereocenters. The number of aromatic nitrogens is 3. The molecule has 0 fully saturated rings. The monoisotopic (exact) mass is 324 g/mol. The highest BCUT2D eigenvalue weighted by Gasteiger charge is 2.07. The molecule has 0 saturated carbocycles. The van der Waals surface area contributed by atoms with Gasteiger partial charge in [0.1, 0.15) is 12.7 Å². The number of hydrogen-bond acceptors (Lipinski definition) is 4. The fourth-order valence-electron chi connectivity index (χ4n) is 1.81. The van der Waals surface area contributed by atoms with Crippen LogP contribution in [0.4, 0.5) is 5.69 Å². The minimum absolute atomic E-state index is 0.667. The highest BCUT2D eigenvalue weighted by Crippen LogP contribution is 2.26. The van der Waals surface area contributed by atoms with Crippen molar-refractivity contribution in [2.24, 2.45) is 0 Å². The van der Waals surface area contributed by atoms with Crippen LogP contribution in [0.15, 0.2) is 42.3 Å². The van der Waals surface area contributed by atoms with Crippen LogP contribution in [0.3, 0.4) is 0 Å². The maximum absolute atomic E-state index is 6.06. The van der Waals surface area contributed by atoms with Crippen molar-refractivity contribution in [3.05, 3.63) is 57.2 Å². The summed E-state index contributed by atoms with van der Waals surface area (Å²) in [5.74, 6) is 0. The van der Waals surface area contributed by atoms with Crippen LogP contribution in [-0.4, -0.2) is 14.8 Å². The van der Waals surface area contributed by atoms with E-state index in [9.17, 15) is 0 Å². The Balaban J connectivity index is 1.86. The lowest BCUT2D eigenvalue weighted by atomic mass is 10.2. The van der Waals surface area contributed by atoms with E-state index in [1.54, 1.807) is 22.3 Å². The Labute approximate surface area is 130 Å². The van der Waals surface area contributed by atoms with Crippen molar-refractivity contribution >= 4 is 40.2 Å². The lowest BCUT2D eigenvalue weighted by molar-refractivity contribution is 0.878. The van der Waals surface area contributed by atoms with Gasteiger partial charge in [0.25, 0.3) is 0 Å². The van der Waals surface area contributed by atoms with Gasteiger partial charge in [-0.3, -0.25) is 0 Å². The third kappa shape index (κ3) is 2.95. The van der Waals surface area contributed by atoms with Crippen molar-refractivity contribution in [1.29, 1.82) is 0 Å². The van der Waals surface area contributed by atoms with Gasteiger partial charge in [-0.25, -0.2) is 9.67 Å². The predicted molar refractivity (Wildman–Crippen MR) is 83.0 cm³/mol. The first-order valence-electron chi connectivity index (χ1n) is 5.84. The molecule has 3 rings (SSSR count). The fraction of sp³-hybridized carbons (Fsp3) is 0.0769. The van der Waals surface area contributed by atoms with Gasteiger partial charge < -0.3 is 5.32 Å². The van der Waals surface area contributed by atoms with E-state index < -0.39 is 0 Å². The van der Waals surface area contributed by atoms with E-state index >= 15 is 0 Å². The predicted octanol–water partition coefficient (Wildman–Crippen LogP) is 4.25. The summed E-state index contributed by atoms with van der Waals surface area (Å²) in [6.07, 6.45) is 3.15. The zero-order valence-corrected chi connectivity index (χ0v) is 12.6. The zero-order chi connectivity index (χ0) is 13.9. The zero-order valence-electron chi connectivity index (χ0n) is 10.3. The smallest absolute Gasteiger partial charge is 0.138 e. The Morgan fingerprint density at radius 2 is 2.10 bits per heavy atom. The van der Waals surface area contributed by atoms with E-state index in [0.29, 0.717) is 11.6 Å². The molecule has 1 N–H and O–H groups in total. The van der Waals surface area contributed by atoms with Crippen LogP contribution in [0.25, 0.3) is 5.69 Å². The number of anilines is 1. The minimum Gasteiger partial charge on any atom is -0.378 e. The summed E-state index contributed by atoms with van der Waals surface area (Å²) in [7, 11) is 0. The Morgan fingerprint density at radius 3 is 2.80 bits per heavy atom. The molecule has 2 heterocycles. The average molecular weight is 325 g/mol. The summed E-state index contributed by atoms with van der Waals surface area (Å²) in [4.78, 5) is 5.11. The highest BCUT2D eigenvalue weighted by atomic mass is 35.5. The van der Waals surface area contributed by atoms with Crippen LogP contribution in [0.1, 0.15) is 4.88 Å². The molecule has 0 bridgehead atoms. The molecule has 102 valence electrons. The number of rotatable bonds is 4. The van der Waals surface area contributed by atoms with E-state index in [4.69, 9.17) is 23.2 Å². The Bertz CT molecular complexity index is 709. The second-order valence-electron chi connectivity index (χ2n) is 4.09. The molecule has 0 aliphatic rings. The second kappa shape index (κ2) is 5.83. The van der Waals surface area contributed by atoms with E-state index in [2.05, 4.69) is 15.4 Å². The van der Waals surface area contributed by atoms with Gasteiger partial charge in [-0.05, 0) is 24.3 Å². The molecule has 2 aromatic heterocycles. The maximum atomic E-state index is 6.06. The topological polar surface area (TPSA) is 42.7 Å². The number of thiophene rings is 1. The normalized spacial score (nSPS) is 10.7. The van der Waals surface area contributed by atoms with Crippen molar-refractivity contribution in [3.8, 4) is 5.69 Å². The number of halogens is 2. The van der Waals surface area contributed by atoms with Crippen molar-refractivity contribution in [2.45, 2.75) is 6.54 Å². The number of nitrogens with zero attached hydrogens (tertiary/aromatic N) is 3. The van der Waals surface area contributed by atoms with Gasteiger partial charge in [-0.15, -0.1) is 11.3 Å². The maximum Gasteiger partial charge on any atom is 0.138 e. The lowest BCUT2D eigenvalue weighted by Crippen LogP contribution is -2.04. The number of hydrogen-bond donors (Lipinski definition) is 1. The first-order chi connectivity index (χ1) is 9.72. The van der Waals surface area contributed by atoms with Gasteiger partial charge >= 0.3 is 0 Å². The Hall–Kier alpha value is -1.56. The molecule has 3 aromatic rings. The van der Waals surface area contributed by atoms with Gasteiger partial charge in [-0.2, -0.15) is 5.10 Å². The quantitative estimate of drug-likeness (QED) is 0.780. The fourth-order valence-corrected chi connectivity index (χ4v) is 3.00. The van der Waals surface area contributed by atoms with Crippen LogP contribution >= 0.6 is 34.5 Å². The van der Waals surface area contributed by atoms with E-state index in [0.717, 1.165) is 21.3 Å². The molecular weight excluding hydrogens is 315 g/mol. The first-order valence-corrected chi connectivity index (χ1v) is 7.47. The third-order valence-corrected chi connectivity index (χ3v) is 4.22. The van der Waals surface area contributed by atoms with Gasteiger partial charge in [0.05, 0.1) is 16.4 Å². The molecule has 7 heteroatoms. The number of benzene rings is 1. The summed E-state index contributed by atoms with van der Waals surface area (Å²) in [6, 6.07) is 7.54. The standard InChI is InChI=1S/C13H10Cl2N4S/c14-9-1-2-13(19-8-16-7-18-19)12(4-9)17-5-11-3-10(15)6-20-11/h1-4,6-8,17H,5H2. The van der Waals surface area contributed by atoms with Crippen molar-refractivity contribution in [3.63, 3.8) is 0 Å². The van der Waals surface area contributed by atoms with Crippen LogP contribution < -0.4 is 5.32 Å². The van der Waals surface area contributed by atoms with E-state index in [1.807, 2.05) is 29.6 Å². The molecule has 0 radical (unpaired) electrons. The highest BCUT2D eigenvalue weighted by molar-refractivity contribution is 7.10. The van der Waals surface area contributed by atoms with Crippen molar-refractivity contribution in [1.82, 2.24) is 14.8 Å². The second-order valence-corrected chi connectivity index (χ2v) is 5.95. The van der Waals surface area contributed by atoms with Gasteiger partial charge in [0, 0.05) is 21.8 Å². The van der Waals surface area contributed by atoms with Crippen LogP contribution in [-0.2, 0) is 6.54 Å². The van der Waals surface area contributed by atoms with Gasteiger partial charge in [-0.1, -0.05) is 23.2 Å². The third-order valence-electron chi connectivity index (χ3n) is 2.70. The summed E-state index contributed by atoms with van der Waals surface area (Å²) >= 11 is 13.6. The molecule has 1 aromatic carbocycles. The van der Waals surface area contributed by atoms with Crippen LogP contribution in [0, 0.1) is 0 Å². The molecule has 20 heavy (non-hydrogen) atoms. The lowest BCUT2D eigenvalue weighted by Gasteiger charge is -2.11. The Morgan fingerprint density at radius 1 is 1.20 bits per heavy atom. The summed E-state index contributed by atoms with van der Waals surface area (Å²) in [5.41, 5.74) is 1.79. The van der Waals surface area contributed by atoms with Crippen molar-refractivity contribution in [2.75, 3.05) is 5.32 Å². The number of nitrogens with one attached hydrogen (secondary N) is 1. The average Bonchev–Trinajstić information content (AvgIpc) is 3.08. The van der Waals surface area contributed by atoms with Crippen molar-refractivity contribution < 1.29 is 0 Å². The first kappa shape index (κ1) is 13.4. The minimum atomic E-state index is 0.667. The summed E-state index contributed by atoms with van der Waals surface area (Å²) in [6.45, 7) is 0.680. The molecule has 0 spiro atoms. The van der Waals surface area contributed by atoms with Crippen LogP contribution in [0.2, 0.25) is 10.0 Å². The van der Waals surface area contributed by atoms with E-state index in [-0.39, 0.29) is 0 Å². The Kier molecular flexibility index (Phi) is 3.91. The van der Waals surface area contributed by atoms with Gasteiger partial charge in [0.15, 0.2) is 0 Å². The molecule has 0 amide bonds. The summed E-state index contributed by atoms with van der Waals surface area (Å²) < 4.78 is 1.69. The SMILES string of the molecule is Clc1csc(CNc2cc(Cl)ccc2-n2cncn2)c1. The van der Waals surface area contributed by atoms with Gasteiger partial charge in [0.2, 0.25) is 0 Å². The molecule has 4 nitrogen and oxygen atoms in total. The molecule has 0 atom stereocenters. The summed E-state index contributed by atoms with van der Waals surface area (Å²) in [5, 5.41) is 10.8. The molecule has 0 aliphatic heterocycles. The molecular formula is C13H10Cl2N4S. The largest absolute Gasteiger partial charge is 0.378 e. The van der Waals surface area contributed by atoms with Crippen LogP contribution in [0.5, 0.6) is 0 Å². The molecule has 0 aliphatic carbocycles. The molecule has 0 saturated heterocycles. The van der Waals surface area contributed by atoms with E-state index in [1.165, 1.54) is 6.33 Å².